The van der Waals surface area contributed by atoms with Gasteiger partial charge in [0.25, 0.3) is 0 Å². The van der Waals surface area contributed by atoms with Crippen LogP contribution < -0.4 is 10.5 Å². The number of nitrogens with two attached hydrogens (primary N) is 1. The van der Waals surface area contributed by atoms with Gasteiger partial charge >= 0.3 is 0 Å². The predicted octanol–water partition coefficient (Wildman–Crippen LogP) is 2.26. The molecule has 0 amide bonds. The van der Waals surface area contributed by atoms with E-state index in [4.69, 9.17) is 10.5 Å². The number of ether oxygens (including phenoxy) is 1. The molecule has 0 saturated carbocycles. The number of hydrogen-bond donors (Lipinski definition) is 2. The van der Waals surface area contributed by atoms with Crippen molar-refractivity contribution in [2.45, 2.75) is 39.7 Å². The average Bonchev–Trinajstić information content (AvgIpc) is 2.32. The van der Waals surface area contributed by atoms with Crippen LogP contribution in [0.4, 0.5) is 0 Å². The first kappa shape index (κ1) is 14.0. The minimum absolute atomic E-state index is 0.234. The van der Waals surface area contributed by atoms with Crippen LogP contribution >= 0.6 is 0 Å². The predicted molar refractivity (Wildman–Crippen MR) is 70.3 cm³/mol. The lowest BCUT2D eigenvalue weighted by Gasteiger charge is -2.28. The first-order valence-electron chi connectivity index (χ1n) is 6.15. The van der Waals surface area contributed by atoms with E-state index in [2.05, 4.69) is 0 Å². The van der Waals surface area contributed by atoms with Crippen molar-refractivity contribution in [1.29, 1.82) is 0 Å². The van der Waals surface area contributed by atoms with Crippen molar-refractivity contribution < 1.29 is 9.84 Å². The van der Waals surface area contributed by atoms with Crippen molar-refractivity contribution in [3.05, 3.63) is 28.8 Å². The van der Waals surface area contributed by atoms with Crippen LogP contribution in [0.5, 0.6) is 5.75 Å². The molecule has 17 heavy (non-hydrogen) atoms. The van der Waals surface area contributed by atoms with Crippen LogP contribution in [0, 0.1) is 13.8 Å². The number of benzene rings is 1. The fraction of sp³-hybridized carbons (Fsp3) is 0.571. The van der Waals surface area contributed by atoms with Gasteiger partial charge in [-0.2, -0.15) is 0 Å². The Hall–Kier alpha value is -1.06. The van der Waals surface area contributed by atoms with Gasteiger partial charge in [-0.1, -0.05) is 6.92 Å². The minimum atomic E-state index is -0.931. The van der Waals surface area contributed by atoms with Gasteiger partial charge in [-0.05, 0) is 56.0 Å². The lowest BCUT2D eigenvalue weighted by Crippen LogP contribution is -2.35. The molecule has 0 saturated heterocycles. The number of aliphatic hydroxyl groups is 1. The van der Waals surface area contributed by atoms with Crippen molar-refractivity contribution in [2.75, 3.05) is 13.2 Å². The highest BCUT2D eigenvalue weighted by molar-refractivity contribution is 5.44. The summed E-state index contributed by atoms with van der Waals surface area (Å²) in [7, 11) is 0. The summed E-state index contributed by atoms with van der Waals surface area (Å²) < 4.78 is 5.54. The van der Waals surface area contributed by atoms with E-state index < -0.39 is 5.60 Å². The molecule has 1 atom stereocenters. The maximum Gasteiger partial charge on any atom is 0.122 e. The van der Waals surface area contributed by atoms with Crippen LogP contribution in [0.15, 0.2) is 12.1 Å². The zero-order valence-corrected chi connectivity index (χ0v) is 11.2. The second-order valence-electron chi connectivity index (χ2n) is 4.45. The van der Waals surface area contributed by atoms with Gasteiger partial charge < -0.3 is 15.6 Å². The highest BCUT2D eigenvalue weighted by Crippen LogP contribution is 2.31. The highest BCUT2D eigenvalue weighted by atomic mass is 16.5. The zero-order chi connectivity index (χ0) is 13.1. The summed E-state index contributed by atoms with van der Waals surface area (Å²) in [6.45, 7) is 8.75. The Balaban J connectivity index is 3.23. The molecule has 0 aromatic heterocycles. The van der Waals surface area contributed by atoms with Crippen LogP contribution in [0.1, 0.15) is 37.0 Å². The fourth-order valence-corrected chi connectivity index (χ4v) is 2.05. The number of rotatable bonds is 5. The van der Waals surface area contributed by atoms with Crippen molar-refractivity contribution in [2.24, 2.45) is 5.73 Å². The summed E-state index contributed by atoms with van der Waals surface area (Å²) in [4.78, 5) is 0. The van der Waals surface area contributed by atoms with Gasteiger partial charge in [-0.3, -0.25) is 0 Å². The van der Waals surface area contributed by atoms with E-state index >= 15 is 0 Å². The summed E-state index contributed by atoms with van der Waals surface area (Å²) in [6.07, 6.45) is 0.609. The molecule has 1 aromatic carbocycles. The third kappa shape index (κ3) is 2.79. The molecule has 3 N–H and O–H groups in total. The van der Waals surface area contributed by atoms with Crippen molar-refractivity contribution in [1.82, 2.24) is 0 Å². The van der Waals surface area contributed by atoms with Gasteiger partial charge in [0.2, 0.25) is 0 Å². The van der Waals surface area contributed by atoms with Crippen molar-refractivity contribution >= 4 is 0 Å². The number of aryl methyl sites for hydroxylation is 2. The normalized spacial score (nSPS) is 14.5. The van der Waals surface area contributed by atoms with E-state index in [0.29, 0.717) is 13.0 Å². The lowest BCUT2D eigenvalue weighted by atomic mass is 9.87. The van der Waals surface area contributed by atoms with Gasteiger partial charge in [-0.15, -0.1) is 0 Å². The summed E-state index contributed by atoms with van der Waals surface area (Å²) in [5.74, 6) is 0.879. The largest absolute Gasteiger partial charge is 0.494 e. The molecule has 1 unspecified atom stereocenters. The Kier molecular flexibility index (Phi) is 4.54. The number of hydrogen-bond acceptors (Lipinski definition) is 3. The van der Waals surface area contributed by atoms with Crippen LogP contribution in [-0.2, 0) is 5.60 Å². The maximum atomic E-state index is 10.5. The molecule has 1 aromatic rings. The molecule has 0 bridgehead atoms. The van der Waals surface area contributed by atoms with Gasteiger partial charge in [-0.25, -0.2) is 0 Å². The zero-order valence-electron chi connectivity index (χ0n) is 11.2. The Labute approximate surface area is 104 Å². The van der Waals surface area contributed by atoms with Crippen LogP contribution in [0.2, 0.25) is 0 Å². The molecule has 0 aliphatic rings. The standard InChI is InChI=1S/C14H23NO2/c1-5-14(16,9-15)12-7-11(4)13(17-6-2)8-10(12)3/h7-8,16H,5-6,9,15H2,1-4H3. The highest BCUT2D eigenvalue weighted by Gasteiger charge is 2.27. The molecule has 0 heterocycles. The lowest BCUT2D eigenvalue weighted by molar-refractivity contribution is 0.0411. The van der Waals surface area contributed by atoms with Crippen molar-refractivity contribution in [3.63, 3.8) is 0 Å². The summed E-state index contributed by atoms with van der Waals surface area (Å²) >= 11 is 0. The smallest absolute Gasteiger partial charge is 0.122 e. The summed E-state index contributed by atoms with van der Waals surface area (Å²) in [5, 5.41) is 10.5. The topological polar surface area (TPSA) is 55.5 Å². The summed E-state index contributed by atoms with van der Waals surface area (Å²) in [6, 6.07) is 3.96. The Bertz CT molecular complexity index is 384. The average molecular weight is 237 g/mol. The van der Waals surface area contributed by atoms with E-state index in [9.17, 15) is 5.11 Å². The van der Waals surface area contributed by atoms with E-state index in [-0.39, 0.29) is 6.54 Å². The second-order valence-corrected chi connectivity index (χ2v) is 4.45. The molecule has 96 valence electrons. The van der Waals surface area contributed by atoms with Gasteiger partial charge in [0.05, 0.1) is 6.61 Å². The first-order valence-corrected chi connectivity index (χ1v) is 6.15. The van der Waals surface area contributed by atoms with Crippen molar-refractivity contribution in [3.8, 4) is 5.75 Å². The fourth-order valence-electron chi connectivity index (χ4n) is 2.05. The van der Waals surface area contributed by atoms with Crippen LogP contribution in [-0.4, -0.2) is 18.3 Å². The molecular weight excluding hydrogens is 214 g/mol. The molecule has 0 aliphatic carbocycles. The van der Waals surface area contributed by atoms with Gasteiger partial charge in [0.15, 0.2) is 0 Å². The van der Waals surface area contributed by atoms with E-state index in [1.807, 2.05) is 39.8 Å². The molecule has 0 spiro atoms. The monoisotopic (exact) mass is 237 g/mol. The summed E-state index contributed by atoms with van der Waals surface area (Å²) in [5.41, 5.74) is 7.72. The third-order valence-electron chi connectivity index (χ3n) is 3.25. The minimum Gasteiger partial charge on any atom is -0.494 e. The molecule has 0 fully saturated rings. The SMILES string of the molecule is CCOc1cc(C)c(C(O)(CC)CN)cc1C. The van der Waals surface area contributed by atoms with Gasteiger partial charge in [0, 0.05) is 6.54 Å². The Morgan fingerprint density at radius 1 is 1.24 bits per heavy atom. The molecule has 0 aliphatic heterocycles. The Morgan fingerprint density at radius 2 is 1.88 bits per heavy atom. The maximum absolute atomic E-state index is 10.5. The first-order chi connectivity index (χ1) is 7.98. The molecule has 3 heteroatoms. The van der Waals surface area contributed by atoms with E-state index in [1.54, 1.807) is 0 Å². The van der Waals surface area contributed by atoms with Gasteiger partial charge in [0.1, 0.15) is 11.4 Å². The molecular formula is C14H23NO2. The molecule has 1 rings (SSSR count). The van der Waals surface area contributed by atoms with Crippen LogP contribution in [0.3, 0.4) is 0 Å². The molecule has 0 radical (unpaired) electrons. The molecule has 3 nitrogen and oxygen atoms in total. The quantitative estimate of drug-likeness (QED) is 0.826. The third-order valence-corrected chi connectivity index (χ3v) is 3.25. The Morgan fingerprint density at radius 3 is 2.35 bits per heavy atom. The van der Waals surface area contributed by atoms with E-state index in [0.717, 1.165) is 22.4 Å². The van der Waals surface area contributed by atoms with Crippen LogP contribution in [0.25, 0.3) is 0 Å². The van der Waals surface area contributed by atoms with E-state index in [1.165, 1.54) is 0 Å². The second kappa shape index (κ2) is 5.52.